The van der Waals surface area contributed by atoms with Gasteiger partial charge in [0.2, 0.25) is 0 Å². The van der Waals surface area contributed by atoms with Gasteiger partial charge in [-0.15, -0.1) is 11.3 Å². The number of nitrogens with one attached hydrogen (secondary N) is 2. The van der Waals surface area contributed by atoms with E-state index < -0.39 is 0 Å². The Kier molecular flexibility index (Phi) is 4.60. The van der Waals surface area contributed by atoms with Crippen molar-refractivity contribution < 1.29 is 4.79 Å². The molecule has 2 N–H and O–H groups in total. The van der Waals surface area contributed by atoms with Crippen molar-refractivity contribution in [2.75, 3.05) is 5.32 Å². The Balaban J connectivity index is 2.21. The molecule has 0 unspecified atom stereocenters. The zero-order valence-electron chi connectivity index (χ0n) is 12.5. The number of nitrogens with zero attached hydrogens (tertiary/aromatic N) is 1. The normalized spacial score (nSPS) is 10.8. The van der Waals surface area contributed by atoms with Crippen LogP contribution in [0, 0.1) is 13.8 Å². The van der Waals surface area contributed by atoms with Crippen molar-refractivity contribution in [1.82, 2.24) is 10.2 Å². The predicted molar refractivity (Wildman–Crippen MR) is 83.7 cm³/mol. The Morgan fingerprint density at radius 1 is 1.40 bits per heavy atom. The van der Waals surface area contributed by atoms with Crippen molar-refractivity contribution >= 4 is 22.9 Å². The van der Waals surface area contributed by atoms with Crippen LogP contribution in [0.5, 0.6) is 0 Å². The maximum atomic E-state index is 12.4. The summed E-state index contributed by atoms with van der Waals surface area (Å²) in [6.07, 6.45) is 3.13. The van der Waals surface area contributed by atoms with Crippen molar-refractivity contribution in [2.24, 2.45) is 0 Å². The van der Waals surface area contributed by atoms with Gasteiger partial charge in [-0.25, -0.2) is 0 Å². The van der Waals surface area contributed by atoms with Gasteiger partial charge >= 0.3 is 0 Å². The van der Waals surface area contributed by atoms with Crippen LogP contribution in [-0.4, -0.2) is 16.1 Å². The van der Waals surface area contributed by atoms with Gasteiger partial charge in [-0.05, 0) is 38.3 Å². The maximum Gasteiger partial charge on any atom is 0.265 e. The van der Waals surface area contributed by atoms with Gasteiger partial charge in [0.1, 0.15) is 0 Å². The Labute approximate surface area is 123 Å². The second-order valence-corrected chi connectivity index (χ2v) is 6.06. The fourth-order valence-electron chi connectivity index (χ4n) is 2.23. The molecule has 0 bridgehead atoms. The van der Waals surface area contributed by atoms with E-state index in [0.29, 0.717) is 0 Å². The van der Waals surface area contributed by atoms with E-state index >= 15 is 0 Å². The van der Waals surface area contributed by atoms with E-state index in [0.717, 1.165) is 41.2 Å². The molecule has 108 valence electrons. The summed E-state index contributed by atoms with van der Waals surface area (Å²) in [4.78, 5) is 14.5. The summed E-state index contributed by atoms with van der Waals surface area (Å²) in [7, 11) is 0. The molecule has 0 atom stereocenters. The third kappa shape index (κ3) is 2.93. The molecule has 2 heterocycles. The largest absolute Gasteiger partial charge is 0.318 e. The van der Waals surface area contributed by atoms with Crippen LogP contribution in [0.3, 0.4) is 0 Å². The van der Waals surface area contributed by atoms with Crippen LogP contribution >= 0.6 is 11.3 Å². The minimum Gasteiger partial charge on any atom is -0.318 e. The van der Waals surface area contributed by atoms with Crippen LogP contribution in [0.4, 0.5) is 5.69 Å². The van der Waals surface area contributed by atoms with Gasteiger partial charge in [-0.1, -0.05) is 20.3 Å². The SMILES string of the molecule is CCCc1sc(C(=O)Nc2c(C)n[nH]c2C)cc1CC. The number of hydrogen-bond acceptors (Lipinski definition) is 3. The number of aryl methyl sites for hydroxylation is 4. The molecular weight excluding hydrogens is 270 g/mol. The van der Waals surface area contributed by atoms with Crippen molar-refractivity contribution in [1.29, 1.82) is 0 Å². The first-order valence-corrected chi connectivity index (χ1v) is 7.82. The van der Waals surface area contributed by atoms with Crippen LogP contribution in [0.15, 0.2) is 6.07 Å². The van der Waals surface area contributed by atoms with Gasteiger partial charge in [0.05, 0.1) is 22.0 Å². The average Bonchev–Trinajstić information content (AvgIpc) is 2.97. The zero-order chi connectivity index (χ0) is 14.7. The molecular formula is C15H21N3OS. The minimum atomic E-state index is -0.0420. The molecule has 2 aromatic rings. The number of aromatic amines is 1. The molecule has 0 aliphatic rings. The lowest BCUT2D eigenvalue weighted by molar-refractivity contribution is 0.103. The number of anilines is 1. The third-order valence-corrected chi connectivity index (χ3v) is 4.58. The highest BCUT2D eigenvalue weighted by Gasteiger charge is 2.16. The summed E-state index contributed by atoms with van der Waals surface area (Å²) >= 11 is 1.61. The van der Waals surface area contributed by atoms with Crippen LogP contribution in [-0.2, 0) is 12.8 Å². The molecule has 0 fully saturated rings. The van der Waals surface area contributed by atoms with Crippen LogP contribution in [0.1, 0.15) is 51.8 Å². The molecule has 0 aromatic carbocycles. The summed E-state index contributed by atoms with van der Waals surface area (Å²) in [6.45, 7) is 8.09. The number of aromatic nitrogens is 2. The third-order valence-electron chi connectivity index (χ3n) is 3.35. The van der Waals surface area contributed by atoms with Gasteiger partial charge in [0.15, 0.2) is 0 Å². The molecule has 0 saturated carbocycles. The Hall–Kier alpha value is -1.62. The zero-order valence-corrected chi connectivity index (χ0v) is 13.3. The average molecular weight is 291 g/mol. The lowest BCUT2D eigenvalue weighted by Crippen LogP contribution is -2.11. The van der Waals surface area contributed by atoms with Crippen LogP contribution in [0.25, 0.3) is 0 Å². The van der Waals surface area contributed by atoms with Gasteiger partial charge in [0, 0.05) is 4.88 Å². The quantitative estimate of drug-likeness (QED) is 0.879. The number of hydrogen-bond donors (Lipinski definition) is 2. The molecule has 5 heteroatoms. The van der Waals surface area contributed by atoms with Crippen LogP contribution < -0.4 is 5.32 Å². The standard InChI is InChI=1S/C15H21N3OS/c1-5-7-12-11(6-2)8-13(20-12)15(19)16-14-9(3)17-18-10(14)4/h8H,5-7H2,1-4H3,(H,16,19)(H,17,18). The van der Waals surface area contributed by atoms with Gasteiger partial charge in [-0.2, -0.15) is 5.10 Å². The smallest absolute Gasteiger partial charge is 0.265 e. The first-order valence-electron chi connectivity index (χ1n) is 7.01. The highest BCUT2D eigenvalue weighted by atomic mass is 32.1. The lowest BCUT2D eigenvalue weighted by atomic mass is 10.1. The number of rotatable bonds is 5. The number of amides is 1. The minimum absolute atomic E-state index is 0.0420. The molecule has 1 amide bonds. The number of carbonyl (C=O) groups is 1. The monoisotopic (exact) mass is 291 g/mol. The molecule has 20 heavy (non-hydrogen) atoms. The molecule has 0 aliphatic carbocycles. The molecule has 4 nitrogen and oxygen atoms in total. The van der Waals surface area contributed by atoms with Crippen molar-refractivity contribution in [3.05, 3.63) is 32.8 Å². The highest BCUT2D eigenvalue weighted by molar-refractivity contribution is 7.14. The fraction of sp³-hybridized carbons (Fsp3) is 0.467. The van der Waals surface area contributed by atoms with E-state index in [1.54, 1.807) is 11.3 Å². The molecule has 2 rings (SSSR count). The molecule has 0 saturated heterocycles. The lowest BCUT2D eigenvalue weighted by Gasteiger charge is -2.02. The van der Waals surface area contributed by atoms with Crippen LogP contribution in [0.2, 0.25) is 0 Å². The Morgan fingerprint density at radius 3 is 2.70 bits per heavy atom. The topological polar surface area (TPSA) is 57.8 Å². The fourth-order valence-corrected chi connectivity index (χ4v) is 3.48. The van der Waals surface area contributed by atoms with E-state index in [-0.39, 0.29) is 5.91 Å². The first kappa shape index (κ1) is 14.8. The van der Waals surface area contributed by atoms with Gasteiger partial charge < -0.3 is 5.32 Å². The number of carbonyl (C=O) groups excluding carboxylic acids is 1. The van der Waals surface area contributed by atoms with E-state index in [9.17, 15) is 4.79 Å². The van der Waals surface area contributed by atoms with Crippen molar-refractivity contribution in [3.8, 4) is 0 Å². The second-order valence-electron chi connectivity index (χ2n) is 4.93. The van der Waals surface area contributed by atoms with Gasteiger partial charge in [-0.3, -0.25) is 9.89 Å². The molecule has 2 aromatic heterocycles. The molecule has 0 radical (unpaired) electrons. The summed E-state index contributed by atoms with van der Waals surface area (Å²) in [5.41, 5.74) is 3.79. The number of H-pyrrole nitrogens is 1. The summed E-state index contributed by atoms with van der Waals surface area (Å²) < 4.78 is 0. The Bertz CT molecular complexity index is 593. The Morgan fingerprint density at radius 2 is 2.15 bits per heavy atom. The number of thiophene rings is 1. The van der Waals surface area contributed by atoms with E-state index in [1.807, 2.05) is 19.9 Å². The predicted octanol–water partition coefficient (Wildman–Crippen LogP) is 3.86. The summed E-state index contributed by atoms with van der Waals surface area (Å²) in [5.74, 6) is -0.0420. The second kappa shape index (κ2) is 6.22. The van der Waals surface area contributed by atoms with Crippen molar-refractivity contribution in [3.63, 3.8) is 0 Å². The molecule has 0 spiro atoms. The van der Waals surface area contributed by atoms with E-state index in [1.165, 1.54) is 10.4 Å². The van der Waals surface area contributed by atoms with E-state index in [2.05, 4.69) is 29.4 Å². The van der Waals surface area contributed by atoms with Crippen molar-refractivity contribution in [2.45, 2.75) is 47.0 Å². The van der Waals surface area contributed by atoms with Gasteiger partial charge in [0.25, 0.3) is 5.91 Å². The summed E-state index contributed by atoms with van der Waals surface area (Å²) in [5, 5.41) is 9.93. The molecule has 0 aliphatic heterocycles. The summed E-state index contributed by atoms with van der Waals surface area (Å²) in [6, 6.07) is 2.02. The maximum absolute atomic E-state index is 12.4. The first-order chi connectivity index (χ1) is 9.56. The van der Waals surface area contributed by atoms with E-state index in [4.69, 9.17) is 0 Å². The highest BCUT2D eigenvalue weighted by Crippen LogP contribution is 2.26.